The Morgan fingerprint density at radius 2 is 2.24 bits per heavy atom. The zero-order valence-electron chi connectivity index (χ0n) is 11.6. The van der Waals surface area contributed by atoms with Gasteiger partial charge in [0.25, 0.3) is 5.69 Å². The van der Waals surface area contributed by atoms with Gasteiger partial charge in [-0.3, -0.25) is 10.1 Å². The van der Waals surface area contributed by atoms with E-state index >= 15 is 0 Å². The topological polar surface area (TPSA) is 77.3 Å². The van der Waals surface area contributed by atoms with Crippen LogP contribution < -0.4 is 10.1 Å². The molecule has 0 unspecified atom stereocenters. The lowest BCUT2D eigenvalue weighted by molar-refractivity contribution is -0.384. The van der Waals surface area contributed by atoms with Crippen molar-refractivity contribution in [1.29, 1.82) is 0 Å². The third-order valence-corrected chi connectivity index (χ3v) is 3.39. The van der Waals surface area contributed by atoms with E-state index in [4.69, 9.17) is 4.74 Å². The number of fused-ring (bicyclic) bond motifs is 1. The molecule has 0 saturated carbocycles. The number of hydrogen-bond donors (Lipinski definition) is 1. The predicted molar refractivity (Wildman–Crippen MR) is 79.7 cm³/mol. The van der Waals surface area contributed by atoms with E-state index in [-0.39, 0.29) is 5.69 Å². The first kappa shape index (κ1) is 13.4. The number of ether oxygens (including phenoxy) is 1. The summed E-state index contributed by atoms with van der Waals surface area (Å²) < 4.78 is 5.46. The Labute approximate surface area is 121 Å². The molecule has 3 rings (SSSR count). The molecular weight excluding hydrogens is 270 g/mol. The minimum atomic E-state index is -0.401. The first-order valence-corrected chi connectivity index (χ1v) is 6.84. The van der Waals surface area contributed by atoms with Gasteiger partial charge < -0.3 is 10.1 Å². The van der Waals surface area contributed by atoms with Crippen molar-refractivity contribution >= 4 is 11.5 Å². The fourth-order valence-corrected chi connectivity index (χ4v) is 2.43. The van der Waals surface area contributed by atoms with Crippen LogP contribution in [0.25, 0.3) is 11.3 Å². The van der Waals surface area contributed by atoms with Gasteiger partial charge in [-0.1, -0.05) is 0 Å². The minimum absolute atomic E-state index is 0.00974. The third-order valence-electron chi connectivity index (χ3n) is 3.39. The Balaban J connectivity index is 2.10. The first-order chi connectivity index (χ1) is 10.2. The number of nitro groups is 1. The Bertz CT molecular complexity index is 701. The Morgan fingerprint density at radius 3 is 3.00 bits per heavy atom. The SMILES string of the molecule is CCNc1ccc([N+](=O)[O-])c(-c2ccc3c(c2)CCO3)n1. The molecule has 0 radical (unpaired) electrons. The summed E-state index contributed by atoms with van der Waals surface area (Å²) in [6.45, 7) is 3.32. The standard InChI is InChI=1S/C15H15N3O3/c1-2-16-14-6-4-12(18(19)20)15(17-14)11-3-5-13-10(9-11)7-8-21-13/h3-6,9H,2,7-8H2,1H3,(H,16,17). The lowest BCUT2D eigenvalue weighted by atomic mass is 10.0. The summed E-state index contributed by atoms with van der Waals surface area (Å²) in [5, 5.41) is 14.3. The van der Waals surface area contributed by atoms with Gasteiger partial charge in [-0.2, -0.15) is 0 Å². The first-order valence-electron chi connectivity index (χ1n) is 6.84. The molecule has 1 aromatic heterocycles. The quantitative estimate of drug-likeness (QED) is 0.690. The van der Waals surface area contributed by atoms with Gasteiger partial charge in [0.05, 0.1) is 11.5 Å². The summed E-state index contributed by atoms with van der Waals surface area (Å²) in [4.78, 5) is 15.2. The number of nitrogens with zero attached hydrogens (tertiary/aromatic N) is 2. The van der Waals surface area contributed by atoms with E-state index in [0.29, 0.717) is 24.7 Å². The van der Waals surface area contributed by atoms with Gasteiger partial charge in [0.2, 0.25) is 0 Å². The lowest BCUT2D eigenvalue weighted by Gasteiger charge is -2.08. The molecule has 0 spiro atoms. The number of hydrogen-bond acceptors (Lipinski definition) is 5. The molecule has 108 valence electrons. The smallest absolute Gasteiger partial charge is 0.295 e. The predicted octanol–water partition coefficient (Wildman–Crippen LogP) is 3.02. The van der Waals surface area contributed by atoms with Crippen molar-refractivity contribution in [3.8, 4) is 17.0 Å². The molecule has 0 atom stereocenters. The van der Waals surface area contributed by atoms with Gasteiger partial charge in [0.15, 0.2) is 5.69 Å². The highest BCUT2D eigenvalue weighted by atomic mass is 16.6. The fraction of sp³-hybridized carbons (Fsp3) is 0.267. The van der Waals surface area contributed by atoms with Gasteiger partial charge in [-0.15, -0.1) is 0 Å². The summed E-state index contributed by atoms with van der Waals surface area (Å²) in [5.41, 5.74) is 2.20. The Hall–Kier alpha value is -2.63. The van der Waals surface area contributed by atoms with Crippen LogP contribution in [0, 0.1) is 10.1 Å². The number of nitrogens with one attached hydrogen (secondary N) is 1. The number of rotatable bonds is 4. The highest BCUT2D eigenvalue weighted by Gasteiger charge is 2.20. The maximum atomic E-state index is 11.2. The van der Waals surface area contributed by atoms with Crippen LogP contribution in [0.5, 0.6) is 5.75 Å². The zero-order chi connectivity index (χ0) is 14.8. The molecule has 2 heterocycles. The molecule has 1 aliphatic heterocycles. The van der Waals surface area contributed by atoms with E-state index in [9.17, 15) is 10.1 Å². The van der Waals surface area contributed by atoms with Crippen LogP contribution in [0.15, 0.2) is 30.3 Å². The average molecular weight is 285 g/mol. The molecule has 0 bridgehead atoms. The van der Waals surface area contributed by atoms with Crippen LogP contribution in [-0.4, -0.2) is 23.1 Å². The van der Waals surface area contributed by atoms with E-state index in [0.717, 1.165) is 23.3 Å². The summed E-state index contributed by atoms with van der Waals surface area (Å²) in [6.07, 6.45) is 0.823. The molecule has 0 aliphatic carbocycles. The second kappa shape index (κ2) is 5.40. The molecule has 0 fully saturated rings. The average Bonchev–Trinajstić information content (AvgIpc) is 2.94. The number of benzene rings is 1. The molecule has 0 saturated heterocycles. The summed E-state index contributed by atoms with van der Waals surface area (Å²) >= 11 is 0. The molecular formula is C15H15N3O3. The largest absolute Gasteiger partial charge is 0.493 e. The highest BCUT2D eigenvalue weighted by molar-refractivity contribution is 5.73. The van der Waals surface area contributed by atoms with Crippen molar-refractivity contribution < 1.29 is 9.66 Å². The molecule has 1 aromatic carbocycles. The molecule has 6 nitrogen and oxygen atoms in total. The van der Waals surface area contributed by atoms with Crippen molar-refractivity contribution in [3.05, 3.63) is 46.0 Å². The Kier molecular flexibility index (Phi) is 3.43. The normalized spacial score (nSPS) is 12.6. The monoisotopic (exact) mass is 285 g/mol. The molecule has 21 heavy (non-hydrogen) atoms. The Morgan fingerprint density at radius 1 is 1.38 bits per heavy atom. The molecule has 0 amide bonds. The van der Waals surface area contributed by atoms with E-state index in [1.165, 1.54) is 6.07 Å². The summed E-state index contributed by atoms with van der Waals surface area (Å²) in [5.74, 6) is 1.49. The van der Waals surface area contributed by atoms with Crippen LogP contribution in [0.3, 0.4) is 0 Å². The number of pyridine rings is 1. The van der Waals surface area contributed by atoms with E-state index < -0.39 is 4.92 Å². The number of aromatic nitrogens is 1. The van der Waals surface area contributed by atoms with Crippen molar-refractivity contribution in [1.82, 2.24) is 4.98 Å². The zero-order valence-corrected chi connectivity index (χ0v) is 11.6. The van der Waals surface area contributed by atoms with Crippen LogP contribution in [0.2, 0.25) is 0 Å². The number of anilines is 1. The van der Waals surface area contributed by atoms with Crippen molar-refractivity contribution in [3.63, 3.8) is 0 Å². The van der Waals surface area contributed by atoms with Gasteiger partial charge in [-0.05, 0) is 36.8 Å². The maximum absolute atomic E-state index is 11.2. The summed E-state index contributed by atoms with van der Waals surface area (Å²) in [7, 11) is 0. The van der Waals surface area contributed by atoms with Gasteiger partial charge >= 0.3 is 0 Å². The van der Waals surface area contributed by atoms with Crippen molar-refractivity contribution in [2.45, 2.75) is 13.3 Å². The van der Waals surface area contributed by atoms with Crippen LogP contribution in [0.1, 0.15) is 12.5 Å². The second-order valence-electron chi connectivity index (χ2n) is 4.77. The van der Waals surface area contributed by atoms with Crippen molar-refractivity contribution in [2.75, 3.05) is 18.5 Å². The van der Waals surface area contributed by atoms with Gasteiger partial charge in [0.1, 0.15) is 11.6 Å². The third kappa shape index (κ3) is 2.52. The fourth-order valence-electron chi connectivity index (χ4n) is 2.43. The van der Waals surface area contributed by atoms with Crippen LogP contribution >= 0.6 is 0 Å². The highest BCUT2D eigenvalue weighted by Crippen LogP contribution is 2.34. The van der Waals surface area contributed by atoms with Gasteiger partial charge in [-0.25, -0.2) is 4.98 Å². The van der Waals surface area contributed by atoms with E-state index in [1.54, 1.807) is 6.07 Å². The van der Waals surface area contributed by atoms with Crippen LogP contribution in [0.4, 0.5) is 11.5 Å². The molecule has 2 aromatic rings. The van der Waals surface area contributed by atoms with E-state index in [1.807, 2.05) is 25.1 Å². The van der Waals surface area contributed by atoms with Gasteiger partial charge in [0, 0.05) is 24.6 Å². The van der Waals surface area contributed by atoms with Crippen LogP contribution in [-0.2, 0) is 6.42 Å². The molecule has 1 aliphatic rings. The van der Waals surface area contributed by atoms with E-state index in [2.05, 4.69) is 10.3 Å². The van der Waals surface area contributed by atoms with Crippen molar-refractivity contribution in [2.24, 2.45) is 0 Å². The molecule has 6 heteroatoms. The lowest BCUT2D eigenvalue weighted by Crippen LogP contribution is -2.02. The minimum Gasteiger partial charge on any atom is -0.493 e. The summed E-state index contributed by atoms with van der Waals surface area (Å²) in [6, 6.07) is 8.71. The maximum Gasteiger partial charge on any atom is 0.295 e. The molecule has 1 N–H and O–H groups in total. The second-order valence-corrected chi connectivity index (χ2v) is 4.77.